The maximum absolute atomic E-state index is 15.0. The topological polar surface area (TPSA) is 0 Å². The van der Waals surface area contributed by atoms with Crippen LogP contribution in [0.15, 0.2) is 36.4 Å². The Morgan fingerprint density at radius 3 is 2.09 bits per heavy atom. The number of unbranched alkanes of at least 4 members (excludes halogenated alkanes) is 2. The Balaban J connectivity index is 1.57. The molecule has 0 heterocycles. The molecule has 0 unspecified atom stereocenters. The molecule has 3 aromatic carbocycles. The van der Waals surface area contributed by atoms with Crippen LogP contribution in [0.5, 0.6) is 0 Å². The Kier molecular flexibility index (Phi) is 6.82. The summed E-state index contributed by atoms with van der Waals surface area (Å²) in [7, 11) is 0. The zero-order chi connectivity index (χ0) is 22.8. The summed E-state index contributed by atoms with van der Waals surface area (Å²) in [5.41, 5.74) is 0.578. The van der Waals surface area contributed by atoms with E-state index in [9.17, 15) is 13.2 Å². The van der Waals surface area contributed by atoms with E-state index in [4.69, 9.17) is 0 Å². The molecule has 0 bridgehead atoms. The summed E-state index contributed by atoms with van der Waals surface area (Å²) in [5, 5.41) is -0.0936. The number of benzene rings is 3. The molecule has 1 saturated carbocycles. The molecule has 0 amide bonds. The van der Waals surface area contributed by atoms with Crippen molar-refractivity contribution in [1.29, 1.82) is 0 Å². The van der Waals surface area contributed by atoms with Gasteiger partial charge in [0, 0.05) is 5.39 Å². The van der Waals surface area contributed by atoms with Gasteiger partial charge in [-0.1, -0.05) is 44.7 Å². The average Bonchev–Trinajstić information content (AvgIpc) is 2.77. The van der Waals surface area contributed by atoms with Gasteiger partial charge in [-0.05, 0) is 78.3 Å². The number of hydrogen-bond acceptors (Lipinski definition) is 0. The molecule has 32 heavy (non-hydrogen) atoms. The van der Waals surface area contributed by atoms with Gasteiger partial charge in [0.2, 0.25) is 0 Å². The molecule has 0 aromatic heterocycles. The van der Waals surface area contributed by atoms with Gasteiger partial charge in [0.05, 0.1) is 5.56 Å². The van der Waals surface area contributed by atoms with E-state index in [2.05, 4.69) is 6.92 Å². The summed E-state index contributed by atoms with van der Waals surface area (Å²) in [5.74, 6) is -4.78. The van der Waals surface area contributed by atoms with Crippen LogP contribution in [0.25, 0.3) is 21.9 Å². The minimum absolute atomic E-state index is 0.0446. The number of fused-ring (bicyclic) bond motifs is 1. The maximum Gasteiger partial charge on any atom is 0.195 e. The molecule has 4 rings (SSSR count). The largest absolute Gasteiger partial charge is 0.206 e. The van der Waals surface area contributed by atoms with Gasteiger partial charge in [0.1, 0.15) is 11.6 Å². The second-order valence-electron chi connectivity index (χ2n) is 9.00. The minimum atomic E-state index is -1.56. The van der Waals surface area contributed by atoms with Crippen LogP contribution in [0.3, 0.4) is 0 Å². The summed E-state index contributed by atoms with van der Waals surface area (Å²) in [6.07, 6.45) is 8.95. The number of rotatable bonds is 6. The molecule has 0 spiro atoms. The highest BCUT2D eigenvalue weighted by molar-refractivity contribution is 5.88. The summed E-state index contributed by atoms with van der Waals surface area (Å²) >= 11 is 0. The molecule has 5 heteroatoms. The van der Waals surface area contributed by atoms with E-state index in [0.717, 1.165) is 31.7 Å². The van der Waals surface area contributed by atoms with Crippen LogP contribution in [-0.2, 0) is 0 Å². The Labute approximate surface area is 185 Å². The quantitative estimate of drug-likeness (QED) is 0.201. The van der Waals surface area contributed by atoms with Crippen molar-refractivity contribution in [3.63, 3.8) is 0 Å². The Morgan fingerprint density at radius 1 is 0.750 bits per heavy atom. The lowest BCUT2D eigenvalue weighted by Gasteiger charge is -2.29. The SMILES string of the molecule is CCCCCC1CCC(c2cc(F)c(-c3ccc4c(F)c(F)c(F)cc4c3)c(F)c2)CC1. The molecule has 3 aromatic rings. The molecule has 0 atom stereocenters. The van der Waals surface area contributed by atoms with Gasteiger partial charge in [-0.25, -0.2) is 22.0 Å². The first-order valence-corrected chi connectivity index (χ1v) is 11.5. The first-order valence-electron chi connectivity index (χ1n) is 11.5. The standard InChI is InChI=1S/C27H27F5/c1-2-3-4-5-16-6-8-17(9-7-16)19-13-22(28)25(23(29)14-19)18-10-11-21-20(12-18)15-24(30)27(32)26(21)31/h10-17H,2-9H2,1H3. The molecule has 0 N–H and O–H groups in total. The van der Waals surface area contributed by atoms with Crippen molar-refractivity contribution >= 4 is 10.8 Å². The van der Waals surface area contributed by atoms with Gasteiger partial charge < -0.3 is 0 Å². The summed E-state index contributed by atoms with van der Waals surface area (Å²) < 4.78 is 71.1. The van der Waals surface area contributed by atoms with Gasteiger partial charge in [-0.3, -0.25) is 0 Å². The van der Waals surface area contributed by atoms with Crippen molar-refractivity contribution in [3.8, 4) is 11.1 Å². The molecule has 170 valence electrons. The fourth-order valence-electron chi connectivity index (χ4n) is 5.03. The lowest BCUT2D eigenvalue weighted by molar-refractivity contribution is 0.302. The van der Waals surface area contributed by atoms with Crippen LogP contribution in [0.2, 0.25) is 0 Å². The van der Waals surface area contributed by atoms with E-state index in [0.29, 0.717) is 11.5 Å². The highest BCUT2D eigenvalue weighted by atomic mass is 19.2. The van der Waals surface area contributed by atoms with Crippen molar-refractivity contribution in [2.24, 2.45) is 5.92 Å². The van der Waals surface area contributed by atoms with Crippen LogP contribution < -0.4 is 0 Å². The molecule has 1 aliphatic carbocycles. The van der Waals surface area contributed by atoms with E-state index in [1.807, 2.05) is 0 Å². The zero-order valence-electron chi connectivity index (χ0n) is 18.2. The molecule has 0 nitrogen and oxygen atoms in total. The lowest BCUT2D eigenvalue weighted by atomic mass is 9.76. The minimum Gasteiger partial charge on any atom is -0.206 e. The lowest BCUT2D eigenvalue weighted by Crippen LogP contribution is -2.14. The first kappa shape index (κ1) is 22.8. The predicted octanol–water partition coefficient (Wildman–Crippen LogP) is 9.06. The molecule has 0 saturated heterocycles. The number of halogens is 5. The Morgan fingerprint density at radius 2 is 1.44 bits per heavy atom. The molecule has 1 aliphatic rings. The van der Waals surface area contributed by atoms with Crippen LogP contribution >= 0.6 is 0 Å². The maximum atomic E-state index is 15.0. The van der Waals surface area contributed by atoms with E-state index in [1.54, 1.807) is 0 Å². The molecule has 0 radical (unpaired) electrons. The van der Waals surface area contributed by atoms with E-state index < -0.39 is 29.1 Å². The van der Waals surface area contributed by atoms with Gasteiger partial charge in [0.15, 0.2) is 17.5 Å². The van der Waals surface area contributed by atoms with Crippen molar-refractivity contribution in [2.45, 2.75) is 64.2 Å². The highest BCUT2D eigenvalue weighted by Crippen LogP contribution is 2.40. The van der Waals surface area contributed by atoms with Gasteiger partial charge in [-0.2, -0.15) is 0 Å². The van der Waals surface area contributed by atoms with Crippen molar-refractivity contribution < 1.29 is 22.0 Å². The van der Waals surface area contributed by atoms with Crippen LogP contribution in [0.1, 0.15) is 69.8 Å². The molecule has 1 fully saturated rings. The molecule has 0 aliphatic heterocycles. The van der Waals surface area contributed by atoms with Gasteiger partial charge in [-0.15, -0.1) is 0 Å². The summed E-state index contributed by atoms with van der Waals surface area (Å²) in [6, 6.07) is 7.43. The fourth-order valence-corrected chi connectivity index (χ4v) is 5.03. The molecular formula is C27H27F5. The smallest absolute Gasteiger partial charge is 0.195 e. The number of hydrogen-bond donors (Lipinski definition) is 0. The summed E-state index contributed by atoms with van der Waals surface area (Å²) in [4.78, 5) is 0. The second-order valence-corrected chi connectivity index (χ2v) is 9.00. The highest BCUT2D eigenvalue weighted by Gasteiger charge is 2.25. The van der Waals surface area contributed by atoms with Gasteiger partial charge in [0.25, 0.3) is 0 Å². The van der Waals surface area contributed by atoms with Gasteiger partial charge >= 0.3 is 0 Å². The van der Waals surface area contributed by atoms with Crippen molar-refractivity contribution in [2.75, 3.05) is 0 Å². The van der Waals surface area contributed by atoms with Crippen molar-refractivity contribution in [1.82, 2.24) is 0 Å². The Bertz CT molecular complexity index is 1090. The third kappa shape index (κ3) is 4.53. The van der Waals surface area contributed by atoms with Crippen LogP contribution in [0.4, 0.5) is 22.0 Å². The molecular weight excluding hydrogens is 419 g/mol. The van der Waals surface area contributed by atoms with E-state index in [-0.39, 0.29) is 27.8 Å². The van der Waals surface area contributed by atoms with Crippen LogP contribution in [0, 0.1) is 35.0 Å². The normalized spacial score (nSPS) is 18.9. The first-order chi connectivity index (χ1) is 15.4. The van der Waals surface area contributed by atoms with E-state index >= 15 is 8.78 Å². The van der Waals surface area contributed by atoms with Crippen LogP contribution in [-0.4, -0.2) is 0 Å². The predicted molar refractivity (Wildman–Crippen MR) is 118 cm³/mol. The second kappa shape index (κ2) is 9.60. The fraction of sp³-hybridized carbons (Fsp3) is 0.407. The van der Waals surface area contributed by atoms with E-state index in [1.165, 1.54) is 56.0 Å². The average molecular weight is 447 g/mol. The Hall–Kier alpha value is -2.43. The van der Waals surface area contributed by atoms with Crippen molar-refractivity contribution in [3.05, 3.63) is 71.0 Å². The third-order valence-electron chi connectivity index (χ3n) is 6.86. The third-order valence-corrected chi connectivity index (χ3v) is 6.86. The monoisotopic (exact) mass is 446 g/mol. The summed E-state index contributed by atoms with van der Waals surface area (Å²) in [6.45, 7) is 2.19. The zero-order valence-corrected chi connectivity index (χ0v) is 18.2.